The molecule has 4 aromatic rings. The number of nitrogen functional groups attached to an aromatic ring is 1. The van der Waals surface area contributed by atoms with Gasteiger partial charge >= 0.3 is 0 Å². The SMILES string of the molecule is CC(C)c1nc(N)c2c(-c3cc4ccccc4[nH]3)[nH]nc2n1. The molecule has 1 aromatic carbocycles. The van der Waals surface area contributed by atoms with Gasteiger partial charge in [0, 0.05) is 16.8 Å². The molecular weight excluding hydrogens is 276 g/mol. The summed E-state index contributed by atoms with van der Waals surface area (Å²) in [5, 5.41) is 9.22. The summed E-state index contributed by atoms with van der Waals surface area (Å²) in [6.45, 7) is 4.07. The van der Waals surface area contributed by atoms with Crippen LogP contribution in [0.5, 0.6) is 0 Å². The van der Waals surface area contributed by atoms with Crippen LogP contribution in [0.3, 0.4) is 0 Å². The first kappa shape index (κ1) is 12.8. The average Bonchev–Trinajstić information content (AvgIpc) is 3.10. The van der Waals surface area contributed by atoms with Gasteiger partial charge < -0.3 is 10.7 Å². The maximum Gasteiger partial charge on any atom is 0.187 e. The van der Waals surface area contributed by atoms with E-state index in [0.717, 1.165) is 27.7 Å². The normalized spacial score (nSPS) is 11.8. The van der Waals surface area contributed by atoms with Crippen molar-refractivity contribution >= 4 is 27.8 Å². The summed E-state index contributed by atoms with van der Waals surface area (Å²) >= 11 is 0. The molecule has 0 bridgehead atoms. The van der Waals surface area contributed by atoms with E-state index >= 15 is 0 Å². The van der Waals surface area contributed by atoms with Gasteiger partial charge in [-0.3, -0.25) is 5.10 Å². The van der Waals surface area contributed by atoms with E-state index in [1.807, 2.05) is 32.0 Å². The molecular formula is C16H16N6. The maximum atomic E-state index is 6.15. The van der Waals surface area contributed by atoms with E-state index in [1.165, 1.54) is 0 Å². The summed E-state index contributed by atoms with van der Waals surface area (Å²) in [4.78, 5) is 12.3. The number of aromatic amines is 2. The van der Waals surface area contributed by atoms with Gasteiger partial charge in [0.15, 0.2) is 5.65 Å². The van der Waals surface area contributed by atoms with E-state index in [4.69, 9.17) is 5.73 Å². The highest BCUT2D eigenvalue weighted by Gasteiger charge is 2.17. The Balaban J connectivity index is 1.95. The Morgan fingerprint density at radius 3 is 2.73 bits per heavy atom. The number of H-pyrrole nitrogens is 2. The minimum atomic E-state index is 0.208. The van der Waals surface area contributed by atoms with Crippen molar-refractivity contribution in [2.24, 2.45) is 0 Å². The second-order valence-electron chi connectivity index (χ2n) is 5.69. The maximum absolute atomic E-state index is 6.15. The number of nitrogens with one attached hydrogen (secondary N) is 2. The van der Waals surface area contributed by atoms with Crippen molar-refractivity contribution in [3.05, 3.63) is 36.2 Å². The number of hydrogen-bond acceptors (Lipinski definition) is 4. The second-order valence-corrected chi connectivity index (χ2v) is 5.69. The molecule has 0 saturated carbocycles. The fraction of sp³-hybridized carbons (Fsp3) is 0.188. The first-order chi connectivity index (χ1) is 10.6. The van der Waals surface area contributed by atoms with Crippen molar-refractivity contribution < 1.29 is 0 Å². The molecule has 0 amide bonds. The van der Waals surface area contributed by atoms with E-state index in [2.05, 4.69) is 37.3 Å². The number of hydrogen-bond donors (Lipinski definition) is 3. The number of fused-ring (bicyclic) bond motifs is 2. The molecule has 3 heterocycles. The Morgan fingerprint density at radius 1 is 1.14 bits per heavy atom. The molecule has 3 aromatic heterocycles. The molecule has 22 heavy (non-hydrogen) atoms. The van der Waals surface area contributed by atoms with Crippen molar-refractivity contribution in [1.29, 1.82) is 0 Å². The molecule has 4 N–H and O–H groups in total. The van der Waals surface area contributed by atoms with Crippen LogP contribution in [0.15, 0.2) is 30.3 Å². The molecule has 110 valence electrons. The standard InChI is InChI=1S/C16H16N6/c1-8(2)15-19-14(17)12-13(21-22-16(12)20-15)11-7-9-5-3-4-6-10(9)18-11/h3-8,18H,1-2H3,(H3,17,19,20,21,22). The third-order valence-electron chi connectivity index (χ3n) is 3.77. The summed E-state index contributed by atoms with van der Waals surface area (Å²) in [5.41, 5.74) is 9.56. The quantitative estimate of drug-likeness (QED) is 0.528. The lowest BCUT2D eigenvalue weighted by molar-refractivity contribution is 0.783. The predicted molar refractivity (Wildman–Crippen MR) is 87.5 cm³/mol. The van der Waals surface area contributed by atoms with Crippen molar-refractivity contribution in [2.75, 3.05) is 5.73 Å². The molecule has 0 unspecified atom stereocenters. The smallest absolute Gasteiger partial charge is 0.187 e. The number of rotatable bonds is 2. The van der Waals surface area contributed by atoms with Crippen LogP contribution in [-0.4, -0.2) is 25.1 Å². The lowest BCUT2D eigenvalue weighted by atomic mass is 10.2. The van der Waals surface area contributed by atoms with Crippen molar-refractivity contribution in [3.63, 3.8) is 0 Å². The van der Waals surface area contributed by atoms with Gasteiger partial charge in [0.05, 0.1) is 16.8 Å². The minimum Gasteiger partial charge on any atom is -0.383 e. The Bertz CT molecular complexity index is 946. The lowest BCUT2D eigenvalue weighted by Gasteiger charge is -2.05. The molecule has 0 aliphatic rings. The fourth-order valence-corrected chi connectivity index (χ4v) is 2.63. The monoisotopic (exact) mass is 292 g/mol. The summed E-state index contributed by atoms with van der Waals surface area (Å²) < 4.78 is 0. The number of para-hydroxylation sites is 1. The van der Waals surface area contributed by atoms with E-state index < -0.39 is 0 Å². The third-order valence-corrected chi connectivity index (χ3v) is 3.77. The zero-order chi connectivity index (χ0) is 15.3. The van der Waals surface area contributed by atoms with Crippen molar-refractivity contribution in [1.82, 2.24) is 25.1 Å². The molecule has 0 aliphatic carbocycles. The van der Waals surface area contributed by atoms with Gasteiger partial charge in [-0.15, -0.1) is 0 Å². The van der Waals surface area contributed by atoms with Gasteiger partial charge in [0.1, 0.15) is 11.6 Å². The molecule has 6 heteroatoms. The molecule has 6 nitrogen and oxygen atoms in total. The molecule has 0 atom stereocenters. The van der Waals surface area contributed by atoms with E-state index in [0.29, 0.717) is 17.3 Å². The van der Waals surface area contributed by atoms with Gasteiger partial charge in [-0.2, -0.15) is 5.10 Å². The van der Waals surface area contributed by atoms with E-state index in [1.54, 1.807) is 0 Å². The Labute approximate surface area is 126 Å². The zero-order valence-electron chi connectivity index (χ0n) is 12.4. The topological polar surface area (TPSA) is 96.3 Å². The summed E-state index contributed by atoms with van der Waals surface area (Å²) in [6, 6.07) is 10.2. The number of benzene rings is 1. The fourth-order valence-electron chi connectivity index (χ4n) is 2.63. The molecule has 4 rings (SSSR count). The highest BCUT2D eigenvalue weighted by Crippen LogP contribution is 2.31. The van der Waals surface area contributed by atoms with E-state index in [9.17, 15) is 0 Å². The largest absolute Gasteiger partial charge is 0.383 e. The first-order valence-corrected chi connectivity index (χ1v) is 7.23. The minimum absolute atomic E-state index is 0.208. The molecule has 0 fully saturated rings. The predicted octanol–water partition coefficient (Wildman–Crippen LogP) is 3.21. The number of aromatic nitrogens is 5. The van der Waals surface area contributed by atoms with Gasteiger partial charge in [0.2, 0.25) is 0 Å². The zero-order valence-corrected chi connectivity index (χ0v) is 12.4. The lowest BCUT2D eigenvalue weighted by Crippen LogP contribution is -2.02. The highest BCUT2D eigenvalue weighted by molar-refractivity contribution is 5.99. The van der Waals surface area contributed by atoms with Crippen LogP contribution in [-0.2, 0) is 0 Å². The van der Waals surface area contributed by atoms with Crippen LogP contribution in [0.1, 0.15) is 25.6 Å². The van der Waals surface area contributed by atoms with Crippen LogP contribution in [0, 0.1) is 0 Å². The van der Waals surface area contributed by atoms with Crippen LogP contribution in [0.2, 0.25) is 0 Å². The summed E-state index contributed by atoms with van der Waals surface area (Å²) in [6.07, 6.45) is 0. The van der Waals surface area contributed by atoms with Crippen LogP contribution < -0.4 is 5.73 Å². The van der Waals surface area contributed by atoms with Crippen LogP contribution in [0.4, 0.5) is 5.82 Å². The number of nitrogens with zero attached hydrogens (tertiary/aromatic N) is 3. The van der Waals surface area contributed by atoms with Crippen LogP contribution >= 0.6 is 0 Å². The average molecular weight is 292 g/mol. The van der Waals surface area contributed by atoms with Crippen molar-refractivity contribution in [3.8, 4) is 11.4 Å². The molecule has 0 aliphatic heterocycles. The number of nitrogens with two attached hydrogens (primary N) is 1. The Morgan fingerprint density at radius 2 is 1.95 bits per heavy atom. The third kappa shape index (κ3) is 1.84. The first-order valence-electron chi connectivity index (χ1n) is 7.23. The van der Waals surface area contributed by atoms with Crippen LogP contribution in [0.25, 0.3) is 33.3 Å². The molecule has 0 radical (unpaired) electrons. The second kappa shape index (κ2) is 4.56. The van der Waals surface area contributed by atoms with Gasteiger partial charge in [-0.1, -0.05) is 32.0 Å². The summed E-state index contributed by atoms with van der Waals surface area (Å²) in [5.74, 6) is 1.37. The van der Waals surface area contributed by atoms with Gasteiger partial charge in [-0.05, 0) is 12.1 Å². The van der Waals surface area contributed by atoms with Gasteiger partial charge in [-0.25, -0.2) is 9.97 Å². The Hall–Kier alpha value is -2.89. The van der Waals surface area contributed by atoms with Crippen molar-refractivity contribution in [2.45, 2.75) is 19.8 Å². The van der Waals surface area contributed by atoms with E-state index in [-0.39, 0.29) is 5.92 Å². The summed E-state index contributed by atoms with van der Waals surface area (Å²) in [7, 11) is 0. The Kier molecular flexibility index (Phi) is 2.66. The van der Waals surface area contributed by atoms with Gasteiger partial charge in [0.25, 0.3) is 0 Å². The highest BCUT2D eigenvalue weighted by atomic mass is 15.2. The molecule has 0 spiro atoms. The molecule has 0 saturated heterocycles. The number of anilines is 1.